The number of hydrogen-bond acceptors (Lipinski definition) is 2. The van der Waals surface area contributed by atoms with E-state index in [1.807, 2.05) is 6.07 Å². The Bertz CT molecular complexity index is 375. The van der Waals surface area contributed by atoms with Crippen LogP contribution >= 0.6 is 0 Å². The number of hydrogen-bond donors (Lipinski definition) is 1. The molecule has 3 heteroatoms. The zero-order valence-corrected chi connectivity index (χ0v) is 11.9. The van der Waals surface area contributed by atoms with E-state index in [4.69, 9.17) is 0 Å². The summed E-state index contributed by atoms with van der Waals surface area (Å²) in [6.45, 7) is 6.45. The first kappa shape index (κ1) is 14.3. The number of anilines is 1. The van der Waals surface area contributed by atoms with Crippen molar-refractivity contribution in [2.75, 3.05) is 31.1 Å². The molecule has 1 aromatic rings. The van der Waals surface area contributed by atoms with Crippen LogP contribution < -0.4 is 10.2 Å². The van der Waals surface area contributed by atoms with E-state index in [1.165, 1.54) is 44.8 Å². The zero-order chi connectivity index (χ0) is 13.5. The highest BCUT2D eigenvalue weighted by Gasteiger charge is 2.13. The van der Waals surface area contributed by atoms with Gasteiger partial charge in [-0.15, -0.1) is 0 Å². The number of nitrogens with one attached hydrogen (secondary N) is 1. The summed E-state index contributed by atoms with van der Waals surface area (Å²) in [6, 6.07) is 6.92. The molecule has 1 atom stereocenters. The van der Waals surface area contributed by atoms with Gasteiger partial charge in [-0.25, -0.2) is 4.39 Å². The van der Waals surface area contributed by atoms with E-state index < -0.39 is 0 Å². The molecule has 1 N–H and O–H groups in total. The van der Waals surface area contributed by atoms with Gasteiger partial charge in [-0.1, -0.05) is 6.07 Å². The van der Waals surface area contributed by atoms with Gasteiger partial charge in [0.2, 0.25) is 0 Å². The summed E-state index contributed by atoms with van der Waals surface area (Å²) in [7, 11) is 0. The second-order valence-electron chi connectivity index (χ2n) is 5.41. The molecule has 0 amide bonds. The third-order valence-corrected chi connectivity index (χ3v) is 3.99. The van der Waals surface area contributed by atoms with Gasteiger partial charge < -0.3 is 10.2 Å². The van der Waals surface area contributed by atoms with E-state index in [-0.39, 0.29) is 5.82 Å². The summed E-state index contributed by atoms with van der Waals surface area (Å²) in [4.78, 5) is 2.26. The summed E-state index contributed by atoms with van der Waals surface area (Å²) in [5, 5.41) is 3.46. The molecule has 0 spiro atoms. The molecule has 2 rings (SSSR count). The molecule has 2 nitrogen and oxygen atoms in total. The Hall–Kier alpha value is -1.09. The first-order valence-corrected chi connectivity index (χ1v) is 7.51. The van der Waals surface area contributed by atoms with Crippen LogP contribution in [0.15, 0.2) is 24.3 Å². The molecule has 1 aliphatic rings. The van der Waals surface area contributed by atoms with Gasteiger partial charge in [0, 0.05) is 18.8 Å². The fourth-order valence-corrected chi connectivity index (χ4v) is 2.88. The fraction of sp³-hybridized carbons (Fsp3) is 0.625. The Balaban J connectivity index is 1.79. The Morgan fingerprint density at radius 2 is 2.32 bits per heavy atom. The number of rotatable bonds is 6. The van der Waals surface area contributed by atoms with Crippen LogP contribution in [-0.2, 0) is 0 Å². The molecule has 1 unspecified atom stereocenters. The van der Waals surface area contributed by atoms with Gasteiger partial charge in [0.15, 0.2) is 0 Å². The Labute approximate surface area is 116 Å². The Morgan fingerprint density at radius 1 is 1.42 bits per heavy atom. The van der Waals surface area contributed by atoms with Crippen molar-refractivity contribution in [3.63, 3.8) is 0 Å². The third kappa shape index (κ3) is 4.50. The smallest absolute Gasteiger partial charge is 0.125 e. The molecule has 0 aliphatic carbocycles. The molecule has 106 valence electrons. The quantitative estimate of drug-likeness (QED) is 0.847. The van der Waals surface area contributed by atoms with Gasteiger partial charge in [-0.05, 0) is 69.8 Å². The van der Waals surface area contributed by atoms with Gasteiger partial charge in [0.05, 0.1) is 0 Å². The highest BCUT2D eigenvalue weighted by Crippen LogP contribution is 2.19. The summed E-state index contributed by atoms with van der Waals surface area (Å²) in [5.41, 5.74) is 1.00. The minimum Gasteiger partial charge on any atom is -0.372 e. The van der Waals surface area contributed by atoms with Gasteiger partial charge in [0.25, 0.3) is 0 Å². The molecule has 1 fully saturated rings. The summed E-state index contributed by atoms with van der Waals surface area (Å²) >= 11 is 0. The number of halogens is 1. The predicted octanol–water partition coefficient (Wildman–Crippen LogP) is 3.43. The first-order valence-electron chi connectivity index (χ1n) is 7.51. The molecule has 19 heavy (non-hydrogen) atoms. The molecule has 1 aromatic carbocycles. The monoisotopic (exact) mass is 264 g/mol. The first-order chi connectivity index (χ1) is 9.29. The van der Waals surface area contributed by atoms with E-state index in [0.717, 1.165) is 24.7 Å². The lowest BCUT2D eigenvalue weighted by molar-refractivity contribution is 0.351. The van der Waals surface area contributed by atoms with Crippen LogP contribution in [0.4, 0.5) is 10.1 Å². The van der Waals surface area contributed by atoms with E-state index in [0.29, 0.717) is 0 Å². The van der Waals surface area contributed by atoms with Crippen LogP contribution in [-0.4, -0.2) is 26.2 Å². The van der Waals surface area contributed by atoms with Gasteiger partial charge in [-0.2, -0.15) is 0 Å². The summed E-state index contributed by atoms with van der Waals surface area (Å²) in [5.74, 6) is 0.687. The van der Waals surface area contributed by atoms with Crippen molar-refractivity contribution >= 4 is 5.69 Å². The van der Waals surface area contributed by atoms with Crippen molar-refractivity contribution in [3.8, 4) is 0 Å². The molecule has 1 heterocycles. The van der Waals surface area contributed by atoms with Gasteiger partial charge >= 0.3 is 0 Å². The van der Waals surface area contributed by atoms with Crippen LogP contribution in [0.1, 0.15) is 32.6 Å². The topological polar surface area (TPSA) is 15.3 Å². The standard InChI is InChI=1S/C16H25FN2/c1-2-19(16-9-3-8-15(17)12-16)11-5-7-14-6-4-10-18-13-14/h3,8-9,12,14,18H,2,4-7,10-11,13H2,1H3. The van der Waals surface area contributed by atoms with Crippen LogP contribution in [0, 0.1) is 11.7 Å². The number of nitrogens with zero attached hydrogens (tertiary/aromatic N) is 1. The van der Waals surface area contributed by atoms with E-state index in [1.54, 1.807) is 12.1 Å². The average Bonchev–Trinajstić information content (AvgIpc) is 2.45. The molecule has 0 saturated carbocycles. The predicted molar refractivity (Wildman–Crippen MR) is 79.1 cm³/mol. The molecular formula is C16H25FN2. The van der Waals surface area contributed by atoms with Crippen molar-refractivity contribution in [1.82, 2.24) is 5.32 Å². The van der Waals surface area contributed by atoms with Crippen LogP contribution in [0.25, 0.3) is 0 Å². The highest BCUT2D eigenvalue weighted by molar-refractivity contribution is 5.46. The minimum absolute atomic E-state index is 0.146. The SMILES string of the molecule is CCN(CCCC1CCCNC1)c1cccc(F)c1. The lowest BCUT2D eigenvalue weighted by Crippen LogP contribution is -2.31. The second-order valence-corrected chi connectivity index (χ2v) is 5.41. The van der Waals surface area contributed by atoms with Crippen LogP contribution in [0.5, 0.6) is 0 Å². The van der Waals surface area contributed by atoms with Crippen molar-refractivity contribution in [3.05, 3.63) is 30.1 Å². The third-order valence-electron chi connectivity index (χ3n) is 3.99. The maximum atomic E-state index is 13.2. The second kappa shape index (κ2) is 7.49. The molecule has 0 aromatic heterocycles. The van der Waals surface area contributed by atoms with Crippen LogP contribution in [0.2, 0.25) is 0 Å². The van der Waals surface area contributed by atoms with Crippen molar-refractivity contribution in [2.24, 2.45) is 5.92 Å². The zero-order valence-electron chi connectivity index (χ0n) is 11.9. The van der Waals surface area contributed by atoms with E-state index in [9.17, 15) is 4.39 Å². The van der Waals surface area contributed by atoms with E-state index in [2.05, 4.69) is 17.1 Å². The van der Waals surface area contributed by atoms with Gasteiger partial charge in [0.1, 0.15) is 5.82 Å². The fourth-order valence-electron chi connectivity index (χ4n) is 2.88. The molecule has 0 bridgehead atoms. The normalized spacial score (nSPS) is 19.4. The van der Waals surface area contributed by atoms with Crippen molar-refractivity contribution in [2.45, 2.75) is 32.6 Å². The lowest BCUT2D eigenvalue weighted by Gasteiger charge is -2.26. The Kier molecular flexibility index (Phi) is 5.64. The maximum Gasteiger partial charge on any atom is 0.125 e. The Morgan fingerprint density at radius 3 is 3.00 bits per heavy atom. The highest BCUT2D eigenvalue weighted by atomic mass is 19.1. The molecular weight excluding hydrogens is 239 g/mol. The molecule has 1 aliphatic heterocycles. The summed E-state index contributed by atoms with van der Waals surface area (Å²) in [6.07, 6.45) is 5.14. The summed E-state index contributed by atoms with van der Waals surface area (Å²) < 4.78 is 13.2. The molecule has 0 radical (unpaired) electrons. The van der Waals surface area contributed by atoms with Crippen molar-refractivity contribution < 1.29 is 4.39 Å². The van der Waals surface area contributed by atoms with Gasteiger partial charge in [-0.3, -0.25) is 0 Å². The lowest BCUT2D eigenvalue weighted by atomic mass is 9.94. The minimum atomic E-state index is -0.146. The average molecular weight is 264 g/mol. The maximum absolute atomic E-state index is 13.2. The molecule has 1 saturated heterocycles. The number of piperidine rings is 1. The number of benzene rings is 1. The largest absolute Gasteiger partial charge is 0.372 e. The van der Waals surface area contributed by atoms with E-state index >= 15 is 0 Å². The van der Waals surface area contributed by atoms with Crippen molar-refractivity contribution in [1.29, 1.82) is 0 Å². The van der Waals surface area contributed by atoms with Crippen LogP contribution in [0.3, 0.4) is 0 Å².